The first-order valence-electron chi connectivity index (χ1n) is 7.58. The number of nitrogens with one attached hydrogen (secondary N) is 1. The lowest BCUT2D eigenvalue weighted by Gasteiger charge is -2.46. The van der Waals surface area contributed by atoms with E-state index in [2.05, 4.69) is 58.3 Å². The molecule has 0 amide bonds. The van der Waals surface area contributed by atoms with Crippen LogP contribution in [0.1, 0.15) is 60.8 Å². The monoisotopic (exact) mass is 254 g/mol. The Bertz CT molecular complexity index is 233. The van der Waals surface area contributed by atoms with E-state index in [4.69, 9.17) is 0 Å². The minimum absolute atomic E-state index is 0.245. The molecule has 1 N–H and O–H groups in total. The highest BCUT2D eigenvalue weighted by Gasteiger charge is 2.35. The fraction of sp³-hybridized carbons (Fsp3) is 0.875. The Kier molecular flexibility index (Phi) is 8.54. The van der Waals surface area contributed by atoms with Crippen molar-refractivity contribution < 1.29 is 0 Å². The minimum Gasteiger partial charge on any atom is -0.312 e. The first-order valence-corrected chi connectivity index (χ1v) is 7.58. The van der Waals surface area contributed by atoms with Crippen LogP contribution in [0.3, 0.4) is 0 Å². The van der Waals surface area contributed by atoms with Crippen LogP contribution in [0.15, 0.2) is 12.2 Å². The highest BCUT2D eigenvalue weighted by atomic mass is 15.2. The Morgan fingerprint density at radius 3 is 2.11 bits per heavy atom. The molecule has 2 unspecified atom stereocenters. The molecule has 0 rings (SSSR count). The number of likely N-dealkylation sites (N-methyl/N-ethyl adjacent to an activating group) is 2. The molecule has 0 spiro atoms. The van der Waals surface area contributed by atoms with Crippen LogP contribution in [0, 0.1) is 0 Å². The average molecular weight is 254 g/mol. The average Bonchev–Trinajstić information content (AvgIpc) is 2.35. The molecule has 0 radical (unpaired) electrons. The van der Waals surface area contributed by atoms with Crippen LogP contribution in [-0.2, 0) is 0 Å². The van der Waals surface area contributed by atoms with Gasteiger partial charge < -0.3 is 5.32 Å². The lowest BCUT2D eigenvalue weighted by atomic mass is 9.83. The minimum atomic E-state index is 0.245. The first-order chi connectivity index (χ1) is 8.46. The fourth-order valence-electron chi connectivity index (χ4n) is 2.91. The molecule has 2 nitrogen and oxygen atoms in total. The van der Waals surface area contributed by atoms with Gasteiger partial charge in [-0.3, -0.25) is 4.90 Å². The Balaban J connectivity index is 4.92. The predicted octanol–water partition coefficient (Wildman–Crippen LogP) is 3.83. The summed E-state index contributed by atoms with van der Waals surface area (Å²) in [5.74, 6) is 0. The van der Waals surface area contributed by atoms with E-state index in [1.54, 1.807) is 0 Å². The zero-order chi connectivity index (χ0) is 14.2. The smallest absolute Gasteiger partial charge is 0.0331 e. The maximum atomic E-state index is 4.04. The Hall–Kier alpha value is -0.340. The highest BCUT2D eigenvalue weighted by molar-refractivity contribution is 4.99. The predicted molar refractivity (Wildman–Crippen MR) is 83.1 cm³/mol. The SMILES string of the molecule is C=C(C)CCC(NCC)C(C)(CC)N(CC)CC. The van der Waals surface area contributed by atoms with E-state index in [-0.39, 0.29) is 5.54 Å². The largest absolute Gasteiger partial charge is 0.312 e. The zero-order valence-corrected chi connectivity index (χ0v) is 13.5. The second-order valence-corrected chi connectivity index (χ2v) is 5.49. The summed E-state index contributed by atoms with van der Waals surface area (Å²) in [6.45, 7) is 20.9. The van der Waals surface area contributed by atoms with E-state index in [1.165, 1.54) is 18.4 Å². The molecule has 108 valence electrons. The molecule has 0 aromatic heterocycles. The van der Waals surface area contributed by atoms with Crippen molar-refractivity contribution >= 4 is 0 Å². The van der Waals surface area contributed by atoms with Crippen LogP contribution in [0.2, 0.25) is 0 Å². The molecule has 18 heavy (non-hydrogen) atoms. The molecule has 0 saturated heterocycles. The van der Waals surface area contributed by atoms with Crippen molar-refractivity contribution in [1.29, 1.82) is 0 Å². The van der Waals surface area contributed by atoms with Crippen molar-refractivity contribution in [3.05, 3.63) is 12.2 Å². The molecule has 0 heterocycles. The molecule has 0 aliphatic heterocycles. The third kappa shape index (κ3) is 4.74. The third-order valence-corrected chi connectivity index (χ3v) is 4.26. The summed E-state index contributed by atoms with van der Waals surface area (Å²) in [6, 6.07) is 0.545. The van der Waals surface area contributed by atoms with Gasteiger partial charge in [0.25, 0.3) is 0 Å². The fourth-order valence-corrected chi connectivity index (χ4v) is 2.91. The van der Waals surface area contributed by atoms with Gasteiger partial charge >= 0.3 is 0 Å². The van der Waals surface area contributed by atoms with Gasteiger partial charge in [-0.1, -0.05) is 33.3 Å². The Labute approximate surface area is 115 Å². The van der Waals surface area contributed by atoms with Crippen molar-refractivity contribution in [3.8, 4) is 0 Å². The van der Waals surface area contributed by atoms with E-state index in [0.29, 0.717) is 6.04 Å². The van der Waals surface area contributed by atoms with E-state index >= 15 is 0 Å². The second-order valence-electron chi connectivity index (χ2n) is 5.49. The van der Waals surface area contributed by atoms with Crippen molar-refractivity contribution in [2.24, 2.45) is 0 Å². The summed E-state index contributed by atoms with van der Waals surface area (Å²) in [5.41, 5.74) is 1.53. The normalized spacial score (nSPS) is 16.6. The Morgan fingerprint density at radius 1 is 1.22 bits per heavy atom. The van der Waals surface area contributed by atoms with E-state index in [9.17, 15) is 0 Å². The lowest BCUT2D eigenvalue weighted by Crippen LogP contribution is -2.59. The molecule has 0 bridgehead atoms. The third-order valence-electron chi connectivity index (χ3n) is 4.26. The maximum Gasteiger partial charge on any atom is 0.0331 e. The van der Waals surface area contributed by atoms with Crippen LogP contribution in [-0.4, -0.2) is 36.1 Å². The summed E-state index contributed by atoms with van der Waals surface area (Å²) in [7, 11) is 0. The van der Waals surface area contributed by atoms with Crippen molar-refractivity contribution in [2.75, 3.05) is 19.6 Å². The quantitative estimate of drug-likeness (QED) is 0.596. The van der Waals surface area contributed by atoms with Crippen molar-refractivity contribution in [1.82, 2.24) is 10.2 Å². The van der Waals surface area contributed by atoms with E-state index < -0.39 is 0 Å². The highest BCUT2D eigenvalue weighted by Crippen LogP contribution is 2.27. The molecule has 0 aliphatic rings. The van der Waals surface area contributed by atoms with Gasteiger partial charge in [0.2, 0.25) is 0 Å². The van der Waals surface area contributed by atoms with Gasteiger partial charge in [0.1, 0.15) is 0 Å². The van der Waals surface area contributed by atoms with E-state index in [1.807, 2.05) is 0 Å². The van der Waals surface area contributed by atoms with Crippen molar-refractivity contribution in [2.45, 2.75) is 72.4 Å². The molecule has 2 atom stereocenters. The summed E-state index contributed by atoms with van der Waals surface area (Å²) in [4.78, 5) is 2.60. The van der Waals surface area contributed by atoms with Gasteiger partial charge in [-0.15, -0.1) is 6.58 Å². The van der Waals surface area contributed by atoms with Gasteiger partial charge in [-0.25, -0.2) is 0 Å². The topological polar surface area (TPSA) is 15.3 Å². The summed E-state index contributed by atoms with van der Waals surface area (Å²) >= 11 is 0. The summed E-state index contributed by atoms with van der Waals surface area (Å²) < 4.78 is 0. The number of allylic oxidation sites excluding steroid dienone is 1. The molecule has 0 saturated carbocycles. The second kappa shape index (κ2) is 8.71. The summed E-state index contributed by atoms with van der Waals surface area (Å²) in [5, 5.41) is 3.70. The number of rotatable bonds is 10. The number of hydrogen-bond donors (Lipinski definition) is 1. The van der Waals surface area contributed by atoms with Gasteiger partial charge in [-0.05, 0) is 52.7 Å². The van der Waals surface area contributed by atoms with Crippen LogP contribution in [0.5, 0.6) is 0 Å². The molecular formula is C16H34N2. The molecular weight excluding hydrogens is 220 g/mol. The molecule has 2 heteroatoms. The van der Waals surface area contributed by atoms with Gasteiger partial charge in [0.15, 0.2) is 0 Å². The lowest BCUT2D eigenvalue weighted by molar-refractivity contribution is 0.0674. The standard InChI is InChI=1S/C16H34N2/c1-8-16(7,18(10-3)11-4)15(17-9-2)13-12-14(5)6/h15,17H,5,8-13H2,1-4,6-7H3. The molecule has 0 aliphatic carbocycles. The van der Waals surface area contributed by atoms with Gasteiger partial charge in [-0.2, -0.15) is 0 Å². The zero-order valence-electron chi connectivity index (χ0n) is 13.5. The summed E-state index contributed by atoms with van der Waals surface area (Å²) in [6.07, 6.45) is 3.49. The van der Waals surface area contributed by atoms with Crippen LogP contribution < -0.4 is 5.32 Å². The van der Waals surface area contributed by atoms with E-state index in [0.717, 1.165) is 26.1 Å². The molecule has 0 fully saturated rings. The number of nitrogens with zero attached hydrogens (tertiary/aromatic N) is 1. The van der Waals surface area contributed by atoms with Gasteiger partial charge in [0.05, 0.1) is 0 Å². The van der Waals surface area contributed by atoms with Crippen LogP contribution in [0.25, 0.3) is 0 Å². The van der Waals surface area contributed by atoms with Crippen molar-refractivity contribution in [3.63, 3.8) is 0 Å². The maximum absolute atomic E-state index is 4.04. The van der Waals surface area contributed by atoms with Gasteiger partial charge in [0, 0.05) is 11.6 Å². The number of hydrogen-bond acceptors (Lipinski definition) is 2. The van der Waals surface area contributed by atoms with Crippen LogP contribution >= 0.6 is 0 Å². The first kappa shape index (κ1) is 17.7. The Morgan fingerprint density at radius 2 is 1.78 bits per heavy atom. The molecule has 0 aromatic rings. The molecule has 0 aromatic carbocycles. The van der Waals surface area contributed by atoms with Crippen LogP contribution in [0.4, 0.5) is 0 Å².